The van der Waals surface area contributed by atoms with Gasteiger partial charge in [0.15, 0.2) is 0 Å². The smallest absolute Gasteiger partial charge is 0.250 e. The van der Waals surface area contributed by atoms with E-state index < -0.39 is 16.0 Å². The fourth-order valence-corrected chi connectivity index (χ4v) is 3.94. The highest BCUT2D eigenvalue weighted by Crippen LogP contribution is 2.36. The molecule has 0 aliphatic carbocycles. The van der Waals surface area contributed by atoms with E-state index >= 15 is 0 Å². The zero-order chi connectivity index (χ0) is 18.6. The zero-order valence-electron chi connectivity index (χ0n) is 14.1. The molecule has 0 bridgehead atoms. The number of guanidine groups is 1. The second-order valence-corrected chi connectivity index (χ2v) is 7.74. The maximum absolute atomic E-state index is 12.4. The summed E-state index contributed by atoms with van der Waals surface area (Å²) in [4.78, 5) is 11.6. The number of amides is 1. The summed E-state index contributed by atoms with van der Waals surface area (Å²) in [6, 6.07) is 5.09. The maximum atomic E-state index is 12.4. The molecule has 0 aromatic heterocycles. The van der Waals surface area contributed by atoms with Gasteiger partial charge in [0.1, 0.15) is 12.4 Å². The van der Waals surface area contributed by atoms with Crippen LogP contribution in [0.5, 0.6) is 5.75 Å². The van der Waals surface area contributed by atoms with Gasteiger partial charge < -0.3 is 20.5 Å². The summed E-state index contributed by atoms with van der Waals surface area (Å²) < 4.78 is 35.8. The molecular weight excluding hydrogens is 348 g/mol. The molecule has 1 aliphatic heterocycles. The van der Waals surface area contributed by atoms with E-state index in [4.69, 9.17) is 20.6 Å². The zero-order valence-corrected chi connectivity index (χ0v) is 14.9. The van der Waals surface area contributed by atoms with Crippen molar-refractivity contribution in [3.8, 4) is 5.75 Å². The third kappa shape index (κ3) is 4.60. The van der Waals surface area contributed by atoms with E-state index in [1.165, 1.54) is 14.2 Å². The van der Waals surface area contributed by atoms with Crippen LogP contribution in [0.2, 0.25) is 0 Å². The van der Waals surface area contributed by atoms with Crippen LogP contribution in [0.3, 0.4) is 0 Å². The van der Waals surface area contributed by atoms with Crippen LogP contribution in [0.4, 0.5) is 5.69 Å². The lowest BCUT2D eigenvalue weighted by Gasteiger charge is -2.28. The van der Waals surface area contributed by atoms with Gasteiger partial charge in [-0.2, -0.15) is 0 Å². The largest absolute Gasteiger partial charge is 0.493 e. The fourth-order valence-electron chi connectivity index (χ4n) is 2.56. The Morgan fingerprint density at radius 2 is 2.24 bits per heavy atom. The quantitative estimate of drug-likeness (QED) is 0.487. The van der Waals surface area contributed by atoms with Crippen molar-refractivity contribution in [3.05, 3.63) is 23.8 Å². The average molecular weight is 370 g/mol. The molecule has 10 heteroatoms. The van der Waals surface area contributed by atoms with Crippen molar-refractivity contribution in [1.29, 1.82) is 5.41 Å². The predicted octanol–water partition coefficient (Wildman–Crippen LogP) is 0.293. The molecule has 1 amide bonds. The van der Waals surface area contributed by atoms with Crippen LogP contribution >= 0.6 is 0 Å². The Hall–Kier alpha value is -2.33. The lowest BCUT2D eigenvalue weighted by molar-refractivity contribution is -0.119. The minimum atomic E-state index is -3.73. The molecule has 1 aromatic carbocycles. The van der Waals surface area contributed by atoms with Crippen LogP contribution in [0, 0.1) is 5.41 Å². The first kappa shape index (κ1) is 19.0. The van der Waals surface area contributed by atoms with Crippen molar-refractivity contribution in [2.24, 2.45) is 5.73 Å². The standard InChI is InChI=1S/C15H22N4O5S/c1-19(15(16)17)25(21,22)9-10-5-6-24-13-4-3-11(7-12(10)13)18-14(20)8-23-2/h3-4,7,10H,5-6,8-9H2,1-2H3,(H3,16,17)(H,18,20). The lowest BCUT2D eigenvalue weighted by Crippen LogP contribution is -2.40. The SMILES string of the molecule is COCC(=O)Nc1ccc2c(c1)C(CS(=O)(=O)N(C)C(=N)N)CCO2. The van der Waals surface area contributed by atoms with Crippen molar-refractivity contribution in [1.82, 2.24) is 4.31 Å². The van der Waals surface area contributed by atoms with E-state index in [0.717, 1.165) is 4.31 Å². The number of ether oxygens (including phenoxy) is 2. The molecule has 1 unspecified atom stereocenters. The fraction of sp³-hybridized carbons (Fsp3) is 0.467. The number of nitrogens with zero attached hydrogens (tertiary/aromatic N) is 1. The van der Waals surface area contributed by atoms with Gasteiger partial charge in [-0.05, 0) is 24.6 Å². The number of methoxy groups -OCH3 is 1. The average Bonchev–Trinajstić information content (AvgIpc) is 2.54. The lowest BCUT2D eigenvalue weighted by atomic mass is 9.94. The molecule has 25 heavy (non-hydrogen) atoms. The first-order valence-corrected chi connectivity index (χ1v) is 9.21. The summed E-state index contributed by atoms with van der Waals surface area (Å²) in [6.45, 7) is 0.321. The van der Waals surface area contributed by atoms with Gasteiger partial charge >= 0.3 is 0 Å². The molecule has 1 atom stereocenters. The Kier molecular flexibility index (Phi) is 5.85. The topological polar surface area (TPSA) is 135 Å². The third-order valence-electron chi connectivity index (χ3n) is 3.90. The first-order chi connectivity index (χ1) is 11.7. The molecule has 1 heterocycles. The van der Waals surface area contributed by atoms with Crippen molar-refractivity contribution in [3.63, 3.8) is 0 Å². The molecule has 0 radical (unpaired) electrons. The summed E-state index contributed by atoms with van der Waals surface area (Å²) in [5.41, 5.74) is 6.51. The Balaban J connectivity index is 2.25. The van der Waals surface area contributed by atoms with E-state index in [9.17, 15) is 13.2 Å². The van der Waals surface area contributed by atoms with Crippen LogP contribution in [-0.2, 0) is 19.6 Å². The minimum Gasteiger partial charge on any atom is -0.493 e. The van der Waals surface area contributed by atoms with Gasteiger partial charge in [-0.3, -0.25) is 10.2 Å². The summed E-state index contributed by atoms with van der Waals surface area (Å²) >= 11 is 0. The molecule has 4 N–H and O–H groups in total. The van der Waals surface area contributed by atoms with Crippen LogP contribution < -0.4 is 15.8 Å². The van der Waals surface area contributed by atoms with Gasteiger partial charge in [0, 0.05) is 31.3 Å². The molecule has 2 rings (SSSR count). The van der Waals surface area contributed by atoms with Crippen molar-refractivity contribution in [2.75, 3.05) is 38.4 Å². The van der Waals surface area contributed by atoms with E-state index in [1.54, 1.807) is 18.2 Å². The molecule has 0 saturated heterocycles. The van der Waals surface area contributed by atoms with Gasteiger partial charge in [0.25, 0.3) is 0 Å². The Morgan fingerprint density at radius 1 is 1.52 bits per heavy atom. The number of sulfonamides is 1. The Labute approximate surface area is 146 Å². The summed E-state index contributed by atoms with van der Waals surface area (Å²) in [6.07, 6.45) is 0.507. The maximum Gasteiger partial charge on any atom is 0.250 e. The van der Waals surface area contributed by atoms with Crippen molar-refractivity contribution < 1.29 is 22.7 Å². The van der Waals surface area contributed by atoms with Gasteiger partial charge in [0.2, 0.25) is 21.9 Å². The normalized spacial score (nSPS) is 16.5. The number of carbonyl (C=O) groups excluding carboxylic acids is 1. The van der Waals surface area contributed by atoms with Gasteiger partial charge in [0.05, 0.1) is 12.4 Å². The number of carbonyl (C=O) groups is 1. The number of rotatable bonds is 6. The number of benzene rings is 1. The number of nitrogens with two attached hydrogens (primary N) is 1. The van der Waals surface area contributed by atoms with Crippen LogP contribution in [0.15, 0.2) is 18.2 Å². The molecular formula is C15H22N4O5S. The van der Waals surface area contributed by atoms with Crippen molar-refractivity contribution >= 4 is 27.6 Å². The van der Waals surface area contributed by atoms with Crippen LogP contribution in [0.1, 0.15) is 17.9 Å². The second kappa shape index (κ2) is 7.70. The number of nitrogens with one attached hydrogen (secondary N) is 2. The number of hydrogen-bond acceptors (Lipinski definition) is 6. The second-order valence-electron chi connectivity index (χ2n) is 5.70. The summed E-state index contributed by atoms with van der Waals surface area (Å²) in [5.74, 6) is -0.779. The van der Waals surface area contributed by atoms with E-state index in [1.807, 2.05) is 0 Å². The highest BCUT2D eigenvalue weighted by Gasteiger charge is 2.30. The predicted molar refractivity (Wildman–Crippen MR) is 93.3 cm³/mol. The molecule has 0 saturated carbocycles. The van der Waals surface area contributed by atoms with Crippen molar-refractivity contribution in [2.45, 2.75) is 12.3 Å². The molecule has 1 aromatic rings. The summed E-state index contributed by atoms with van der Waals surface area (Å²) in [7, 11) is -1.05. The Morgan fingerprint density at radius 3 is 2.88 bits per heavy atom. The van der Waals surface area contributed by atoms with E-state index in [0.29, 0.717) is 30.0 Å². The third-order valence-corrected chi connectivity index (χ3v) is 5.76. The van der Waals surface area contributed by atoms with Gasteiger partial charge in [-0.1, -0.05) is 0 Å². The van der Waals surface area contributed by atoms with Gasteiger partial charge in [-0.15, -0.1) is 0 Å². The molecule has 1 aliphatic rings. The highest BCUT2D eigenvalue weighted by atomic mass is 32.2. The first-order valence-electron chi connectivity index (χ1n) is 7.60. The van der Waals surface area contributed by atoms with Crippen LogP contribution in [-0.4, -0.2) is 57.7 Å². The van der Waals surface area contributed by atoms with Crippen LogP contribution in [0.25, 0.3) is 0 Å². The summed E-state index contributed by atoms with van der Waals surface area (Å²) in [5, 5.41) is 9.99. The molecule has 138 valence electrons. The van der Waals surface area contributed by atoms with E-state index in [2.05, 4.69) is 5.32 Å². The monoisotopic (exact) mass is 370 g/mol. The highest BCUT2D eigenvalue weighted by molar-refractivity contribution is 7.89. The number of anilines is 1. The van der Waals surface area contributed by atoms with Gasteiger partial charge in [-0.25, -0.2) is 12.7 Å². The molecule has 0 spiro atoms. The Bertz CT molecular complexity index is 765. The number of fused-ring (bicyclic) bond motifs is 1. The number of hydrogen-bond donors (Lipinski definition) is 3. The molecule has 0 fully saturated rings. The van der Waals surface area contributed by atoms with E-state index in [-0.39, 0.29) is 24.2 Å². The molecule has 9 nitrogen and oxygen atoms in total. The minimum absolute atomic E-state index is 0.0746.